The van der Waals surface area contributed by atoms with E-state index in [-0.39, 0.29) is 11.3 Å². The zero-order valence-electron chi connectivity index (χ0n) is 9.60. The van der Waals surface area contributed by atoms with Gasteiger partial charge in [0.05, 0.1) is 12.4 Å². The van der Waals surface area contributed by atoms with Crippen LogP contribution in [0.3, 0.4) is 0 Å². The maximum atomic E-state index is 11.6. The molecule has 0 fully saturated rings. The summed E-state index contributed by atoms with van der Waals surface area (Å²) in [5.74, 6) is 0.816. The number of hydrogen-bond donors (Lipinski definition) is 1. The Balaban J connectivity index is 2.38. The van der Waals surface area contributed by atoms with Gasteiger partial charge in [0.2, 0.25) is 0 Å². The van der Waals surface area contributed by atoms with Gasteiger partial charge in [0.1, 0.15) is 5.75 Å². The lowest BCUT2D eigenvalue weighted by Crippen LogP contribution is -2.34. The molecule has 0 aliphatic heterocycles. The Hall–Kier alpha value is -0.870. The van der Waals surface area contributed by atoms with Gasteiger partial charge in [-0.3, -0.25) is 4.21 Å². The average Bonchev–Trinajstić information content (AvgIpc) is 2.28. The Morgan fingerprint density at radius 2 is 2.25 bits per heavy atom. The number of fused-ring (bicyclic) bond motifs is 1. The maximum absolute atomic E-state index is 11.6. The second kappa shape index (κ2) is 4.55. The fourth-order valence-corrected chi connectivity index (χ4v) is 3.30. The summed E-state index contributed by atoms with van der Waals surface area (Å²) < 4.78 is 16.8. The van der Waals surface area contributed by atoms with Crippen LogP contribution in [-0.2, 0) is 17.2 Å². The molecule has 0 spiro atoms. The highest BCUT2D eigenvalue weighted by molar-refractivity contribution is 7.84. The molecule has 1 aliphatic rings. The van der Waals surface area contributed by atoms with E-state index in [2.05, 4.69) is 6.07 Å². The summed E-state index contributed by atoms with van der Waals surface area (Å²) in [4.78, 5) is 0. The quantitative estimate of drug-likeness (QED) is 0.848. The second-order valence-corrected chi connectivity index (χ2v) is 5.77. The van der Waals surface area contributed by atoms with Crippen LogP contribution in [0.4, 0.5) is 0 Å². The Kier molecular flexibility index (Phi) is 3.30. The summed E-state index contributed by atoms with van der Waals surface area (Å²) in [5.41, 5.74) is 8.51. The lowest BCUT2D eigenvalue weighted by Gasteiger charge is -2.29. The molecule has 1 aromatic carbocycles. The van der Waals surface area contributed by atoms with E-state index in [9.17, 15) is 4.21 Å². The predicted octanol–water partition coefficient (Wildman–Crippen LogP) is 1.39. The third-order valence-electron chi connectivity index (χ3n) is 3.24. The number of ether oxygens (including phenoxy) is 1. The number of benzene rings is 1. The van der Waals surface area contributed by atoms with Gasteiger partial charge in [-0.15, -0.1) is 0 Å². The largest absolute Gasteiger partial charge is 0.497 e. The van der Waals surface area contributed by atoms with Gasteiger partial charge in [-0.1, -0.05) is 6.07 Å². The third-order valence-corrected chi connectivity index (χ3v) is 4.62. The highest BCUT2D eigenvalue weighted by Gasteiger charge is 2.29. The number of rotatable bonds is 2. The molecule has 1 aliphatic carbocycles. The van der Waals surface area contributed by atoms with Crippen LogP contribution >= 0.6 is 0 Å². The van der Waals surface area contributed by atoms with Crippen molar-refractivity contribution in [3.63, 3.8) is 0 Å². The van der Waals surface area contributed by atoms with Crippen molar-refractivity contribution in [3.8, 4) is 5.75 Å². The van der Waals surface area contributed by atoms with E-state index < -0.39 is 10.8 Å². The van der Waals surface area contributed by atoms with Gasteiger partial charge in [0.15, 0.2) is 0 Å². The summed E-state index contributed by atoms with van der Waals surface area (Å²) in [6.45, 7) is 0. The Labute approximate surface area is 98.4 Å². The Morgan fingerprint density at radius 3 is 2.88 bits per heavy atom. The first-order chi connectivity index (χ1) is 7.63. The average molecular weight is 239 g/mol. The van der Waals surface area contributed by atoms with Crippen LogP contribution in [0.15, 0.2) is 18.2 Å². The van der Waals surface area contributed by atoms with Gasteiger partial charge in [-0.2, -0.15) is 0 Å². The Bertz CT molecular complexity index is 419. The van der Waals surface area contributed by atoms with E-state index in [4.69, 9.17) is 10.5 Å². The van der Waals surface area contributed by atoms with Crippen LogP contribution in [0.5, 0.6) is 5.75 Å². The molecule has 2 N–H and O–H groups in total. The van der Waals surface area contributed by atoms with E-state index in [0.717, 1.165) is 24.2 Å². The third kappa shape index (κ3) is 1.99. The van der Waals surface area contributed by atoms with Crippen molar-refractivity contribution >= 4 is 10.8 Å². The lowest BCUT2D eigenvalue weighted by molar-refractivity contribution is 0.412. The predicted molar refractivity (Wildman–Crippen MR) is 66.1 cm³/mol. The zero-order valence-corrected chi connectivity index (χ0v) is 10.4. The van der Waals surface area contributed by atoms with Gasteiger partial charge < -0.3 is 10.5 Å². The van der Waals surface area contributed by atoms with Gasteiger partial charge in [-0.25, -0.2) is 0 Å². The van der Waals surface area contributed by atoms with Crippen LogP contribution in [0.25, 0.3) is 0 Å². The molecular formula is C12H17NO2S. The monoisotopic (exact) mass is 239 g/mol. The van der Waals surface area contributed by atoms with E-state index in [1.54, 1.807) is 13.4 Å². The van der Waals surface area contributed by atoms with Crippen molar-refractivity contribution in [1.29, 1.82) is 0 Å². The molecule has 0 saturated heterocycles. The molecule has 88 valence electrons. The molecule has 3 nitrogen and oxygen atoms in total. The van der Waals surface area contributed by atoms with Crippen LogP contribution in [0.1, 0.15) is 23.6 Å². The van der Waals surface area contributed by atoms with E-state index in [0.29, 0.717) is 0 Å². The van der Waals surface area contributed by atoms with Crippen molar-refractivity contribution in [2.45, 2.75) is 24.1 Å². The normalized spacial score (nSPS) is 25.9. The van der Waals surface area contributed by atoms with Gasteiger partial charge in [-0.05, 0) is 36.1 Å². The summed E-state index contributed by atoms with van der Waals surface area (Å²) in [6.07, 6.45) is 3.59. The topological polar surface area (TPSA) is 52.3 Å². The molecule has 3 atom stereocenters. The second-order valence-electron chi connectivity index (χ2n) is 4.17. The van der Waals surface area contributed by atoms with Crippen LogP contribution < -0.4 is 10.5 Å². The first-order valence-corrected chi connectivity index (χ1v) is 7.00. The van der Waals surface area contributed by atoms with Crippen LogP contribution in [-0.4, -0.2) is 22.8 Å². The van der Waals surface area contributed by atoms with Crippen molar-refractivity contribution in [1.82, 2.24) is 0 Å². The molecule has 0 saturated carbocycles. The number of nitrogens with two attached hydrogens (primary N) is 1. The maximum Gasteiger partial charge on any atom is 0.119 e. The minimum atomic E-state index is -0.864. The Morgan fingerprint density at radius 1 is 1.50 bits per heavy atom. The minimum Gasteiger partial charge on any atom is -0.497 e. The fraction of sp³-hybridized carbons (Fsp3) is 0.500. The summed E-state index contributed by atoms with van der Waals surface area (Å²) in [6, 6.07) is 5.85. The SMILES string of the molecule is COc1ccc2c(c1)C(N)C(S(C)=O)CC2. The van der Waals surface area contributed by atoms with E-state index >= 15 is 0 Å². The molecule has 0 amide bonds. The lowest BCUT2D eigenvalue weighted by atomic mass is 9.87. The number of aryl methyl sites for hydroxylation is 1. The fourth-order valence-electron chi connectivity index (χ4n) is 2.29. The zero-order chi connectivity index (χ0) is 11.7. The molecule has 3 unspecified atom stereocenters. The molecule has 0 aromatic heterocycles. The molecule has 1 aromatic rings. The molecular weight excluding hydrogens is 222 g/mol. The van der Waals surface area contributed by atoms with Crippen molar-refractivity contribution in [3.05, 3.63) is 29.3 Å². The molecule has 2 rings (SSSR count). The molecule has 0 heterocycles. The molecule has 16 heavy (non-hydrogen) atoms. The van der Waals surface area contributed by atoms with Gasteiger partial charge >= 0.3 is 0 Å². The summed E-state index contributed by atoms with van der Waals surface area (Å²) >= 11 is 0. The summed E-state index contributed by atoms with van der Waals surface area (Å²) in [7, 11) is 0.781. The number of hydrogen-bond acceptors (Lipinski definition) is 3. The van der Waals surface area contributed by atoms with E-state index in [1.165, 1.54) is 5.56 Å². The van der Waals surface area contributed by atoms with Crippen molar-refractivity contribution in [2.24, 2.45) is 5.73 Å². The highest BCUT2D eigenvalue weighted by Crippen LogP contribution is 2.33. The molecule has 0 radical (unpaired) electrons. The highest BCUT2D eigenvalue weighted by atomic mass is 32.2. The van der Waals surface area contributed by atoms with E-state index in [1.807, 2.05) is 12.1 Å². The standard InChI is InChI=1S/C12H17NO2S/c1-15-9-5-3-8-4-6-11(16(2)14)12(13)10(8)7-9/h3,5,7,11-12H,4,6,13H2,1-2H3. The van der Waals surface area contributed by atoms with Crippen molar-refractivity contribution in [2.75, 3.05) is 13.4 Å². The van der Waals surface area contributed by atoms with Gasteiger partial charge in [0, 0.05) is 23.1 Å². The van der Waals surface area contributed by atoms with Crippen molar-refractivity contribution < 1.29 is 8.95 Å². The van der Waals surface area contributed by atoms with Gasteiger partial charge in [0.25, 0.3) is 0 Å². The smallest absolute Gasteiger partial charge is 0.119 e. The van der Waals surface area contributed by atoms with Crippen LogP contribution in [0.2, 0.25) is 0 Å². The molecule has 4 heteroatoms. The number of methoxy groups -OCH3 is 1. The first kappa shape index (κ1) is 11.6. The molecule has 0 bridgehead atoms. The first-order valence-electron chi connectivity index (χ1n) is 5.38. The summed E-state index contributed by atoms with van der Waals surface area (Å²) in [5, 5.41) is 0.0691. The minimum absolute atomic E-state index is 0.0691. The van der Waals surface area contributed by atoms with Crippen LogP contribution in [0, 0.1) is 0 Å².